The third-order valence-electron chi connectivity index (χ3n) is 3.84. The van der Waals surface area contributed by atoms with Crippen molar-refractivity contribution in [2.75, 3.05) is 6.54 Å². The van der Waals surface area contributed by atoms with Crippen LogP contribution in [0.5, 0.6) is 0 Å². The van der Waals surface area contributed by atoms with Crippen LogP contribution in [-0.4, -0.2) is 44.2 Å². The molecule has 8 nitrogen and oxygen atoms in total. The number of amides is 2. The molecule has 2 amide bonds. The van der Waals surface area contributed by atoms with Gasteiger partial charge in [0, 0.05) is 19.3 Å². The third-order valence-corrected chi connectivity index (χ3v) is 3.84. The summed E-state index contributed by atoms with van der Waals surface area (Å²) in [4.78, 5) is 23.1. The first-order chi connectivity index (χ1) is 9.67. The van der Waals surface area contributed by atoms with Crippen LogP contribution in [0, 0.1) is 5.41 Å². The highest BCUT2D eigenvalue weighted by Gasteiger charge is 2.44. The topological polar surface area (TPSA) is 109 Å². The van der Waals surface area contributed by atoms with Gasteiger partial charge in [-0.25, -0.2) is 4.79 Å². The number of nitrogens with zero attached hydrogens (tertiary/aromatic N) is 3. The van der Waals surface area contributed by atoms with Gasteiger partial charge in [-0.15, -0.1) is 5.10 Å². The smallest absolute Gasteiger partial charge is 0.315 e. The highest BCUT2D eigenvalue weighted by molar-refractivity contribution is 5.79. The summed E-state index contributed by atoms with van der Waals surface area (Å²) in [7, 11) is 0. The molecule has 0 atom stereocenters. The van der Waals surface area contributed by atoms with Gasteiger partial charge in [0.25, 0.3) is 0 Å². The van der Waals surface area contributed by atoms with Crippen molar-refractivity contribution >= 4 is 12.0 Å². The Balaban J connectivity index is 2.37. The first-order valence-electron chi connectivity index (χ1n) is 6.80. The minimum atomic E-state index is -1.08. The van der Waals surface area contributed by atoms with Gasteiger partial charge in [0.1, 0.15) is 0 Å². The van der Waals surface area contributed by atoms with E-state index in [0.717, 1.165) is 0 Å². The van der Waals surface area contributed by atoms with Crippen LogP contribution in [-0.2, 0) is 11.3 Å². The van der Waals surface area contributed by atoms with Crippen molar-refractivity contribution in [2.24, 2.45) is 5.41 Å². The van der Waals surface area contributed by atoms with Crippen molar-refractivity contribution in [1.29, 1.82) is 0 Å². The Morgan fingerprint density at radius 1 is 1.29 bits per heavy atom. The summed E-state index contributed by atoms with van der Waals surface area (Å²) in [5.74, 6) is -0.959. The van der Waals surface area contributed by atoms with Crippen molar-refractivity contribution < 1.29 is 14.7 Å². The highest BCUT2D eigenvalue weighted by atomic mass is 16.4. The number of hydrogen-bond donors (Lipinski definition) is 3. The zero-order valence-electron chi connectivity index (χ0n) is 12.9. The predicted octanol–water partition coefficient (Wildman–Crippen LogP) is 0.857. The molecule has 0 radical (unpaired) electrons. The number of aromatic nitrogens is 3. The number of carboxylic acids is 1. The molecule has 0 saturated carbocycles. The maximum atomic E-state index is 11.8. The van der Waals surface area contributed by atoms with Gasteiger partial charge in [-0.3, -0.25) is 9.48 Å². The average Bonchev–Trinajstić information content (AvgIpc) is 2.86. The second kappa shape index (κ2) is 6.55. The van der Waals surface area contributed by atoms with Gasteiger partial charge in [0.15, 0.2) is 0 Å². The largest absolute Gasteiger partial charge is 0.481 e. The minimum absolute atomic E-state index is 0.382. The lowest BCUT2D eigenvalue weighted by atomic mass is 9.74. The SMILES string of the molecule is CC(C)(NC(=O)NCCCn1ccnn1)C(C)(C)C(=O)O. The fourth-order valence-electron chi connectivity index (χ4n) is 1.55. The summed E-state index contributed by atoms with van der Waals surface area (Å²) in [6.45, 7) is 7.67. The molecule has 1 aromatic rings. The van der Waals surface area contributed by atoms with Crippen LogP contribution in [0.1, 0.15) is 34.1 Å². The predicted molar refractivity (Wildman–Crippen MR) is 76.7 cm³/mol. The summed E-state index contributed by atoms with van der Waals surface area (Å²) >= 11 is 0. The van der Waals surface area contributed by atoms with Crippen LogP contribution in [0.3, 0.4) is 0 Å². The van der Waals surface area contributed by atoms with Crippen molar-refractivity contribution in [2.45, 2.75) is 46.2 Å². The fraction of sp³-hybridized carbons (Fsp3) is 0.692. The van der Waals surface area contributed by atoms with Crippen LogP contribution in [0.15, 0.2) is 12.4 Å². The molecule has 0 spiro atoms. The molecule has 21 heavy (non-hydrogen) atoms. The van der Waals surface area contributed by atoms with Gasteiger partial charge in [0.2, 0.25) is 0 Å². The van der Waals surface area contributed by atoms with Crippen LogP contribution < -0.4 is 10.6 Å². The summed E-state index contributed by atoms with van der Waals surface area (Å²) in [6, 6.07) is -0.382. The lowest BCUT2D eigenvalue weighted by molar-refractivity contribution is -0.150. The average molecular weight is 297 g/mol. The number of rotatable bonds is 7. The van der Waals surface area contributed by atoms with Crippen LogP contribution >= 0.6 is 0 Å². The van der Waals surface area contributed by atoms with Crippen LogP contribution in [0.4, 0.5) is 4.79 Å². The van der Waals surface area contributed by atoms with E-state index in [4.69, 9.17) is 0 Å². The number of urea groups is 1. The first-order valence-corrected chi connectivity index (χ1v) is 6.80. The van der Waals surface area contributed by atoms with Gasteiger partial charge >= 0.3 is 12.0 Å². The van der Waals surface area contributed by atoms with E-state index in [0.29, 0.717) is 19.5 Å². The lowest BCUT2D eigenvalue weighted by Gasteiger charge is -2.38. The number of aryl methyl sites for hydroxylation is 1. The molecule has 3 N–H and O–H groups in total. The Bertz CT molecular complexity index is 482. The second-order valence-corrected chi connectivity index (χ2v) is 5.96. The fourth-order valence-corrected chi connectivity index (χ4v) is 1.55. The Labute approximate surface area is 123 Å². The summed E-state index contributed by atoms with van der Waals surface area (Å²) in [5, 5.41) is 22.1. The highest BCUT2D eigenvalue weighted by Crippen LogP contribution is 2.30. The van der Waals surface area contributed by atoms with Gasteiger partial charge in [-0.05, 0) is 34.1 Å². The zero-order valence-corrected chi connectivity index (χ0v) is 12.9. The monoisotopic (exact) mass is 297 g/mol. The van der Waals surface area contributed by atoms with E-state index < -0.39 is 16.9 Å². The number of carboxylic acid groups (broad SMARTS) is 1. The molecule has 0 aliphatic heterocycles. The number of hydrogen-bond acceptors (Lipinski definition) is 4. The van der Waals surface area contributed by atoms with Gasteiger partial charge in [-0.2, -0.15) is 0 Å². The molecule has 1 aromatic heterocycles. The van der Waals surface area contributed by atoms with Crippen molar-refractivity contribution in [3.05, 3.63) is 12.4 Å². The molecule has 0 saturated heterocycles. The third kappa shape index (κ3) is 4.44. The first kappa shape index (κ1) is 16.9. The number of aliphatic carboxylic acids is 1. The van der Waals surface area contributed by atoms with Gasteiger partial charge < -0.3 is 15.7 Å². The Kier molecular flexibility index (Phi) is 5.28. The molecule has 0 bridgehead atoms. The Morgan fingerprint density at radius 2 is 1.95 bits per heavy atom. The minimum Gasteiger partial charge on any atom is -0.481 e. The molecular weight excluding hydrogens is 274 g/mol. The van der Waals surface area contributed by atoms with E-state index in [-0.39, 0.29) is 6.03 Å². The number of carbonyl (C=O) groups excluding carboxylic acids is 1. The van der Waals surface area contributed by atoms with Crippen molar-refractivity contribution in [1.82, 2.24) is 25.6 Å². The van der Waals surface area contributed by atoms with E-state index in [1.807, 2.05) is 0 Å². The maximum absolute atomic E-state index is 11.8. The van der Waals surface area contributed by atoms with Crippen molar-refractivity contribution in [3.63, 3.8) is 0 Å². The molecule has 1 heterocycles. The molecule has 0 fully saturated rings. The zero-order chi connectivity index (χ0) is 16.1. The van der Waals surface area contributed by atoms with E-state index >= 15 is 0 Å². The molecule has 0 unspecified atom stereocenters. The second-order valence-electron chi connectivity index (χ2n) is 5.96. The molecule has 0 aliphatic rings. The molecule has 0 aliphatic carbocycles. The standard InChI is InChI=1S/C13H23N5O3/c1-12(2,10(19)20)13(3,4)16-11(21)14-6-5-8-18-9-7-15-17-18/h7,9H,5-6,8H2,1-4H3,(H,19,20)(H2,14,16,21). The van der Waals surface area contributed by atoms with Gasteiger partial charge in [-0.1, -0.05) is 5.21 Å². The molecule has 118 valence electrons. The van der Waals surface area contributed by atoms with Crippen molar-refractivity contribution in [3.8, 4) is 0 Å². The number of carbonyl (C=O) groups is 2. The summed E-state index contributed by atoms with van der Waals surface area (Å²) in [5.41, 5.74) is -1.96. The van der Waals surface area contributed by atoms with E-state index in [1.54, 1.807) is 44.8 Å². The number of nitrogens with one attached hydrogen (secondary N) is 2. The van der Waals surface area contributed by atoms with E-state index in [2.05, 4.69) is 20.9 Å². The summed E-state index contributed by atoms with van der Waals surface area (Å²) in [6.07, 6.45) is 4.05. The Hall–Kier alpha value is -2.12. The van der Waals surface area contributed by atoms with E-state index in [1.165, 1.54) is 0 Å². The molecular formula is C13H23N5O3. The molecule has 8 heteroatoms. The quantitative estimate of drug-likeness (QED) is 0.647. The molecule has 0 aromatic carbocycles. The van der Waals surface area contributed by atoms with Crippen LogP contribution in [0.2, 0.25) is 0 Å². The Morgan fingerprint density at radius 3 is 2.48 bits per heavy atom. The summed E-state index contributed by atoms with van der Waals surface area (Å²) < 4.78 is 1.68. The van der Waals surface area contributed by atoms with Gasteiger partial charge in [0.05, 0.1) is 17.2 Å². The van der Waals surface area contributed by atoms with E-state index in [9.17, 15) is 14.7 Å². The lowest BCUT2D eigenvalue weighted by Crippen LogP contribution is -2.59. The maximum Gasteiger partial charge on any atom is 0.315 e. The normalized spacial score (nSPS) is 12.0. The molecule has 1 rings (SSSR count). The van der Waals surface area contributed by atoms with Crippen LogP contribution in [0.25, 0.3) is 0 Å².